The Bertz CT molecular complexity index is 466. The highest BCUT2D eigenvalue weighted by molar-refractivity contribution is 6.31. The molecule has 104 valence electrons. The molecule has 1 N–H and O–H groups in total. The van der Waals surface area contributed by atoms with Crippen molar-refractivity contribution in [1.82, 2.24) is 0 Å². The fourth-order valence-electron chi connectivity index (χ4n) is 3.52. The van der Waals surface area contributed by atoms with Crippen LogP contribution in [-0.2, 0) is 10.3 Å². The van der Waals surface area contributed by atoms with Crippen LogP contribution in [0.1, 0.15) is 44.6 Å². The van der Waals surface area contributed by atoms with Gasteiger partial charge in [0.1, 0.15) is 0 Å². The van der Waals surface area contributed by atoms with E-state index in [1.54, 1.807) is 0 Å². The number of halogens is 1. The maximum Gasteiger partial charge on any atom is 0.0912 e. The lowest BCUT2D eigenvalue weighted by Crippen LogP contribution is -2.49. The van der Waals surface area contributed by atoms with Crippen LogP contribution in [0.25, 0.3) is 0 Å². The van der Waals surface area contributed by atoms with Gasteiger partial charge in [-0.2, -0.15) is 0 Å². The molecule has 1 aromatic carbocycles. The highest BCUT2D eigenvalue weighted by atomic mass is 35.5. The van der Waals surface area contributed by atoms with Crippen LogP contribution in [-0.4, -0.2) is 17.3 Å². The van der Waals surface area contributed by atoms with E-state index in [1.165, 1.54) is 6.42 Å². The predicted octanol–water partition coefficient (Wildman–Crippen LogP) is 3.90. The van der Waals surface area contributed by atoms with E-state index in [4.69, 9.17) is 16.3 Å². The number of ether oxygens (including phenoxy) is 1. The van der Waals surface area contributed by atoms with Crippen LogP contribution in [0.15, 0.2) is 24.3 Å². The van der Waals surface area contributed by atoms with Crippen LogP contribution < -0.4 is 0 Å². The van der Waals surface area contributed by atoms with E-state index < -0.39 is 5.60 Å². The zero-order chi connectivity index (χ0) is 13.5. The van der Waals surface area contributed by atoms with Crippen molar-refractivity contribution in [3.8, 4) is 0 Å². The second-order valence-electron chi connectivity index (χ2n) is 6.20. The number of hydrogen-bond donors (Lipinski definition) is 1. The molecule has 0 radical (unpaired) electrons. The zero-order valence-electron chi connectivity index (χ0n) is 11.4. The number of rotatable bonds is 2. The number of hydrogen-bond acceptors (Lipinski definition) is 2. The summed E-state index contributed by atoms with van der Waals surface area (Å²) >= 11 is 6.26. The van der Waals surface area contributed by atoms with E-state index in [0.717, 1.165) is 37.9 Å². The minimum absolute atomic E-state index is 0.0498. The number of benzene rings is 1. The summed E-state index contributed by atoms with van der Waals surface area (Å²) in [4.78, 5) is 0. The lowest BCUT2D eigenvalue weighted by Gasteiger charge is -2.50. The number of aliphatic hydroxyl groups is 1. The molecule has 1 saturated carbocycles. The zero-order valence-corrected chi connectivity index (χ0v) is 12.1. The summed E-state index contributed by atoms with van der Waals surface area (Å²) < 4.78 is 5.95. The maximum absolute atomic E-state index is 11.0. The SMILES string of the molecule is CC(O)(c1ccccc1Cl)C1CCOC2(CCC2)C1. The van der Waals surface area contributed by atoms with Gasteiger partial charge in [0, 0.05) is 17.2 Å². The van der Waals surface area contributed by atoms with E-state index >= 15 is 0 Å². The second-order valence-corrected chi connectivity index (χ2v) is 6.61. The molecule has 2 atom stereocenters. The molecule has 2 nitrogen and oxygen atoms in total. The van der Waals surface area contributed by atoms with E-state index in [9.17, 15) is 5.11 Å². The first kappa shape index (κ1) is 13.4. The third-order valence-corrected chi connectivity index (χ3v) is 5.30. The summed E-state index contributed by atoms with van der Waals surface area (Å²) in [6.45, 7) is 2.65. The van der Waals surface area contributed by atoms with Gasteiger partial charge in [-0.15, -0.1) is 0 Å². The molecular weight excluding hydrogens is 260 g/mol. The summed E-state index contributed by atoms with van der Waals surface area (Å²) in [6.07, 6.45) is 5.39. The summed E-state index contributed by atoms with van der Waals surface area (Å²) in [5.74, 6) is 0.224. The van der Waals surface area contributed by atoms with Crippen molar-refractivity contribution in [3.63, 3.8) is 0 Å². The first-order valence-electron chi connectivity index (χ1n) is 7.15. The Balaban J connectivity index is 1.85. The topological polar surface area (TPSA) is 29.5 Å². The summed E-state index contributed by atoms with van der Waals surface area (Å²) in [6, 6.07) is 7.63. The van der Waals surface area contributed by atoms with Gasteiger partial charge >= 0.3 is 0 Å². The van der Waals surface area contributed by atoms with Crippen LogP contribution in [0.3, 0.4) is 0 Å². The van der Waals surface area contributed by atoms with Crippen molar-refractivity contribution in [2.24, 2.45) is 5.92 Å². The van der Waals surface area contributed by atoms with Gasteiger partial charge in [-0.3, -0.25) is 0 Å². The molecule has 2 aliphatic rings. The predicted molar refractivity (Wildman–Crippen MR) is 76.3 cm³/mol. The molecule has 3 heteroatoms. The summed E-state index contributed by atoms with van der Waals surface area (Å²) in [5.41, 5.74) is 0.0248. The molecule has 1 aromatic rings. The van der Waals surface area contributed by atoms with E-state index in [2.05, 4.69) is 0 Å². The monoisotopic (exact) mass is 280 g/mol. The lowest BCUT2D eigenvalue weighted by atomic mass is 9.67. The third-order valence-electron chi connectivity index (χ3n) is 4.97. The van der Waals surface area contributed by atoms with Crippen LogP contribution in [0, 0.1) is 5.92 Å². The second kappa shape index (κ2) is 4.76. The Labute approximate surface area is 119 Å². The Morgan fingerprint density at radius 2 is 2.11 bits per heavy atom. The van der Waals surface area contributed by atoms with Crippen LogP contribution >= 0.6 is 11.6 Å². The van der Waals surface area contributed by atoms with Crippen molar-refractivity contribution in [3.05, 3.63) is 34.9 Å². The molecule has 0 amide bonds. The average Bonchev–Trinajstić information content (AvgIpc) is 2.37. The largest absolute Gasteiger partial charge is 0.385 e. The lowest BCUT2D eigenvalue weighted by molar-refractivity contribution is -0.174. The molecule has 19 heavy (non-hydrogen) atoms. The van der Waals surface area contributed by atoms with Crippen LogP contribution in [0.2, 0.25) is 5.02 Å². The first-order chi connectivity index (χ1) is 9.04. The molecule has 1 heterocycles. The van der Waals surface area contributed by atoms with Gasteiger partial charge in [0.15, 0.2) is 0 Å². The van der Waals surface area contributed by atoms with Crippen molar-refractivity contribution in [2.75, 3.05) is 6.61 Å². The normalized spacial score (nSPS) is 28.7. The fraction of sp³-hybridized carbons (Fsp3) is 0.625. The van der Waals surface area contributed by atoms with E-state index in [-0.39, 0.29) is 11.5 Å². The van der Waals surface area contributed by atoms with Gasteiger partial charge in [0.2, 0.25) is 0 Å². The van der Waals surface area contributed by atoms with Gasteiger partial charge in [0.25, 0.3) is 0 Å². The first-order valence-corrected chi connectivity index (χ1v) is 7.53. The summed E-state index contributed by atoms with van der Waals surface area (Å²) in [7, 11) is 0. The highest BCUT2D eigenvalue weighted by Crippen LogP contribution is 2.49. The molecule has 0 aromatic heterocycles. The van der Waals surface area contributed by atoms with Gasteiger partial charge in [0.05, 0.1) is 11.2 Å². The molecule has 2 unspecified atom stereocenters. The van der Waals surface area contributed by atoms with E-state index in [1.807, 2.05) is 31.2 Å². The molecule has 2 fully saturated rings. The van der Waals surface area contributed by atoms with Crippen molar-refractivity contribution >= 4 is 11.6 Å². The van der Waals surface area contributed by atoms with Crippen LogP contribution in [0.5, 0.6) is 0 Å². The molecule has 1 aliphatic heterocycles. The maximum atomic E-state index is 11.0. The molecule has 3 rings (SSSR count). The molecule has 1 aliphatic carbocycles. The van der Waals surface area contributed by atoms with Gasteiger partial charge in [-0.1, -0.05) is 29.8 Å². The van der Waals surface area contributed by atoms with Crippen molar-refractivity contribution < 1.29 is 9.84 Å². The Kier molecular flexibility index (Phi) is 3.36. The quantitative estimate of drug-likeness (QED) is 0.890. The minimum atomic E-state index is -0.870. The Morgan fingerprint density at radius 3 is 2.74 bits per heavy atom. The minimum Gasteiger partial charge on any atom is -0.385 e. The smallest absolute Gasteiger partial charge is 0.0912 e. The third kappa shape index (κ3) is 2.31. The molecule has 1 saturated heterocycles. The van der Waals surface area contributed by atoms with Gasteiger partial charge in [-0.25, -0.2) is 0 Å². The highest BCUT2D eigenvalue weighted by Gasteiger charge is 2.47. The molecular formula is C16H21ClO2. The molecule has 1 spiro atoms. The van der Waals surface area contributed by atoms with Crippen molar-refractivity contribution in [2.45, 2.75) is 50.2 Å². The summed E-state index contributed by atoms with van der Waals surface area (Å²) in [5, 5.41) is 11.7. The average molecular weight is 281 g/mol. The Morgan fingerprint density at radius 1 is 1.37 bits per heavy atom. The van der Waals surface area contributed by atoms with Gasteiger partial charge in [-0.05, 0) is 51.0 Å². The van der Waals surface area contributed by atoms with E-state index in [0.29, 0.717) is 5.02 Å². The standard InChI is InChI=1S/C16H21ClO2/c1-15(18,13-5-2-3-6-14(13)17)12-7-10-19-16(11-12)8-4-9-16/h2-3,5-6,12,18H,4,7-11H2,1H3. The molecule has 0 bridgehead atoms. The Hall–Kier alpha value is -0.570. The van der Waals surface area contributed by atoms with Crippen LogP contribution in [0.4, 0.5) is 0 Å². The van der Waals surface area contributed by atoms with Crippen molar-refractivity contribution in [1.29, 1.82) is 0 Å². The fourth-order valence-corrected chi connectivity index (χ4v) is 3.85. The van der Waals surface area contributed by atoms with Gasteiger partial charge < -0.3 is 9.84 Å².